The molecule has 1 atom stereocenters. The van der Waals surface area contributed by atoms with E-state index < -0.39 is 6.04 Å². The fraction of sp³-hybridized carbons (Fsp3) is 0.318. The van der Waals surface area contributed by atoms with Crippen molar-refractivity contribution < 1.29 is 9.59 Å². The molecule has 0 saturated carbocycles. The predicted molar refractivity (Wildman–Crippen MR) is 102 cm³/mol. The molecule has 5 nitrogen and oxygen atoms in total. The van der Waals surface area contributed by atoms with Gasteiger partial charge in [0, 0.05) is 12.6 Å². The van der Waals surface area contributed by atoms with Crippen molar-refractivity contribution in [3.05, 3.63) is 70.8 Å². The van der Waals surface area contributed by atoms with E-state index in [-0.39, 0.29) is 30.9 Å². The number of hydrogen-bond donors (Lipinski definition) is 0. The van der Waals surface area contributed by atoms with Crippen molar-refractivity contribution in [1.29, 1.82) is 5.26 Å². The minimum atomic E-state index is -0.680. The maximum absolute atomic E-state index is 13.2. The minimum absolute atomic E-state index is 0.0528. The number of nitrogens with zero attached hydrogens (tertiary/aromatic N) is 3. The fourth-order valence-electron chi connectivity index (χ4n) is 3.39. The molecule has 0 bridgehead atoms. The summed E-state index contributed by atoms with van der Waals surface area (Å²) in [7, 11) is 0. The summed E-state index contributed by atoms with van der Waals surface area (Å²) in [4.78, 5) is 29.4. The quantitative estimate of drug-likeness (QED) is 0.840. The Kier molecular flexibility index (Phi) is 5.27. The molecule has 0 radical (unpaired) electrons. The van der Waals surface area contributed by atoms with Gasteiger partial charge in [-0.05, 0) is 38.0 Å². The van der Waals surface area contributed by atoms with Gasteiger partial charge in [0.05, 0.1) is 11.6 Å². The number of carbonyl (C=O) groups excluding carboxylic acids is 2. The summed E-state index contributed by atoms with van der Waals surface area (Å²) in [5.74, 6) is -0.190. The largest absolute Gasteiger partial charge is 0.329 e. The van der Waals surface area contributed by atoms with Gasteiger partial charge < -0.3 is 9.80 Å². The lowest BCUT2D eigenvalue weighted by Crippen LogP contribution is -2.57. The molecule has 0 spiro atoms. The zero-order chi connectivity index (χ0) is 19.6. The first kappa shape index (κ1) is 18.7. The van der Waals surface area contributed by atoms with Crippen LogP contribution < -0.4 is 0 Å². The van der Waals surface area contributed by atoms with Crippen LogP contribution in [-0.4, -0.2) is 34.2 Å². The molecule has 3 rings (SSSR count). The van der Waals surface area contributed by atoms with E-state index in [1.54, 1.807) is 21.9 Å². The Balaban J connectivity index is 2.03. The van der Waals surface area contributed by atoms with Crippen LogP contribution in [0.3, 0.4) is 0 Å². The van der Waals surface area contributed by atoms with Crippen molar-refractivity contribution in [3.8, 4) is 6.07 Å². The van der Waals surface area contributed by atoms with Crippen LogP contribution in [-0.2, 0) is 16.1 Å². The first-order valence-corrected chi connectivity index (χ1v) is 9.07. The van der Waals surface area contributed by atoms with Crippen LogP contribution in [0.5, 0.6) is 0 Å². The monoisotopic (exact) mass is 361 g/mol. The van der Waals surface area contributed by atoms with Gasteiger partial charge in [-0.3, -0.25) is 9.59 Å². The third-order valence-electron chi connectivity index (χ3n) is 4.95. The molecule has 2 amide bonds. The van der Waals surface area contributed by atoms with Gasteiger partial charge in [-0.25, -0.2) is 0 Å². The van der Waals surface area contributed by atoms with Gasteiger partial charge >= 0.3 is 0 Å². The van der Waals surface area contributed by atoms with Crippen LogP contribution in [0.15, 0.2) is 48.5 Å². The average molecular weight is 361 g/mol. The molecular weight excluding hydrogens is 338 g/mol. The van der Waals surface area contributed by atoms with Crippen molar-refractivity contribution in [2.75, 3.05) is 6.54 Å². The molecule has 1 aliphatic heterocycles. The molecule has 1 saturated heterocycles. The number of aryl methyl sites for hydroxylation is 1. The van der Waals surface area contributed by atoms with Crippen LogP contribution in [0.2, 0.25) is 0 Å². The predicted octanol–water partition coefficient (Wildman–Crippen LogP) is 3.19. The smallest absolute Gasteiger partial charge is 0.250 e. The fourth-order valence-corrected chi connectivity index (χ4v) is 3.39. The van der Waals surface area contributed by atoms with Gasteiger partial charge in [-0.2, -0.15) is 5.26 Å². The number of hydrogen-bond acceptors (Lipinski definition) is 3. The van der Waals surface area contributed by atoms with Crippen LogP contribution in [0.25, 0.3) is 0 Å². The highest BCUT2D eigenvalue weighted by Crippen LogP contribution is 2.30. The molecular formula is C22H23N3O2. The third-order valence-corrected chi connectivity index (χ3v) is 4.95. The van der Waals surface area contributed by atoms with E-state index in [1.807, 2.05) is 57.2 Å². The molecule has 5 heteroatoms. The molecule has 1 aliphatic rings. The van der Waals surface area contributed by atoms with Crippen molar-refractivity contribution in [2.24, 2.45) is 0 Å². The second-order valence-electron chi connectivity index (χ2n) is 7.16. The van der Waals surface area contributed by atoms with Gasteiger partial charge in [0.1, 0.15) is 12.6 Å². The SMILES string of the molecule is Cc1ccc(C2C(=O)N(C(C)C)CC(=O)N2Cc2ccccc2C#N)cc1. The molecule has 2 aromatic rings. The summed E-state index contributed by atoms with van der Waals surface area (Å²) in [6.45, 7) is 6.11. The molecule has 138 valence electrons. The minimum Gasteiger partial charge on any atom is -0.329 e. The Morgan fingerprint density at radius 2 is 1.78 bits per heavy atom. The van der Waals surface area contributed by atoms with Crippen LogP contribution in [0.4, 0.5) is 0 Å². The zero-order valence-electron chi connectivity index (χ0n) is 15.8. The van der Waals surface area contributed by atoms with Gasteiger partial charge in [-0.15, -0.1) is 0 Å². The van der Waals surface area contributed by atoms with E-state index in [0.29, 0.717) is 5.56 Å². The van der Waals surface area contributed by atoms with E-state index in [4.69, 9.17) is 0 Å². The zero-order valence-corrected chi connectivity index (χ0v) is 15.8. The van der Waals surface area contributed by atoms with E-state index in [1.165, 1.54) is 0 Å². The highest BCUT2D eigenvalue weighted by molar-refractivity contribution is 5.95. The number of benzene rings is 2. The summed E-state index contributed by atoms with van der Waals surface area (Å²) in [6.07, 6.45) is 0. The summed E-state index contributed by atoms with van der Waals surface area (Å²) >= 11 is 0. The topological polar surface area (TPSA) is 64.4 Å². The number of piperazine rings is 1. The lowest BCUT2D eigenvalue weighted by Gasteiger charge is -2.42. The normalized spacial score (nSPS) is 17.4. The van der Waals surface area contributed by atoms with E-state index in [0.717, 1.165) is 16.7 Å². The van der Waals surface area contributed by atoms with Gasteiger partial charge in [-0.1, -0.05) is 48.0 Å². The molecule has 0 aromatic heterocycles. The summed E-state index contributed by atoms with van der Waals surface area (Å²) in [5.41, 5.74) is 3.15. The van der Waals surface area contributed by atoms with Crippen molar-refractivity contribution in [2.45, 2.75) is 39.4 Å². The molecule has 0 aliphatic carbocycles. The highest BCUT2D eigenvalue weighted by Gasteiger charge is 2.41. The summed E-state index contributed by atoms with van der Waals surface area (Å²) in [5, 5.41) is 9.37. The standard InChI is InChI=1S/C22H23N3O2/c1-15(2)24-14-20(26)25(13-19-7-5-4-6-18(19)12-23)21(22(24)27)17-10-8-16(3)9-11-17/h4-11,15,21H,13-14H2,1-3H3. The summed E-state index contributed by atoms with van der Waals surface area (Å²) in [6, 6.07) is 16.3. The molecule has 0 N–H and O–H groups in total. The molecule has 1 fully saturated rings. The number of amides is 2. The molecule has 1 heterocycles. The Hall–Kier alpha value is -3.13. The Morgan fingerprint density at radius 3 is 2.41 bits per heavy atom. The van der Waals surface area contributed by atoms with Gasteiger partial charge in [0.2, 0.25) is 5.91 Å². The van der Waals surface area contributed by atoms with Crippen molar-refractivity contribution in [1.82, 2.24) is 9.80 Å². The second kappa shape index (κ2) is 7.63. The van der Waals surface area contributed by atoms with E-state index in [9.17, 15) is 14.9 Å². The number of carbonyl (C=O) groups is 2. The lowest BCUT2D eigenvalue weighted by molar-refractivity contribution is -0.158. The first-order valence-electron chi connectivity index (χ1n) is 9.07. The second-order valence-corrected chi connectivity index (χ2v) is 7.16. The Labute approximate surface area is 159 Å². The van der Waals surface area contributed by atoms with Crippen molar-refractivity contribution in [3.63, 3.8) is 0 Å². The molecule has 27 heavy (non-hydrogen) atoms. The maximum atomic E-state index is 13.2. The Bertz CT molecular complexity index is 897. The average Bonchev–Trinajstić information content (AvgIpc) is 2.66. The van der Waals surface area contributed by atoms with Gasteiger partial charge in [0.25, 0.3) is 5.91 Å². The first-order chi connectivity index (χ1) is 12.9. The van der Waals surface area contributed by atoms with E-state index in [2.05, 4.69) is 6.07 Å². The molecule has 2 aromatic carbocycles. The van der Waals surface area contributed by atoms with Crippen LogP contribution >= 0.6 is 0 Å². The summed E-state index contributed by atoms with van der Waals surface area (Å²) < 4.78 is 0. The van der Waals surface area contributed by atoms with Crippen LogP contribution in [0.1, 0.15) is 42.1 Å². The number of nitriles is 1. The highest BCUT2D eigenvalue weighted by atomic mass is 16.2. The van der Waals surface area contributed by atoms with E-state index >= 15 is 0 Å². The maximum Gasteiger partial charge on any atom is 0.250 e. The molecule has 1 unspecified atom stereocenters. The Morgan fingerprint density at radius 1 is 1.11 bits per heavy atom. The lowest BCUT2D eigenvalue weighted by atomic mass is 9.97. The number of rotatable bonds is 4. The van der Waals surface area contributed by atoms with Crippen molar-refractivity contribution >= 4 is 11.8 Å². The van der Waals surface area contributed by atoms with Crippen LogP contribution in [0, 0.1) is 18.3 Å². The van der Waals surface area contributed by atoms with Gasteiger partial charge in [0.15, 0.2) is 0 Å². The third kappa shape index (κ3) is 3.70.